The minimum absolute atomic E-state index is 0.0649. The van der Waals surface area contributed by atoms with Crippen LogP contribution in [0.3, 0.4) is 0 Å². The highest BCUT2D eigenvalue weighted by molar-refractivity contribution is 6.06. The van der Waals surface area contributed by atoms with E-state index in [1.165, 1.54) is 4.90 Å². The quantitative estimate of drug-likeness (QED) is 0.916. The van der Waals surface area contributed by atoms with Gasteiger partial charge in [-0.3, -0.25) is 14.7 Å². The zero-order chi connectivity index (χ0) is 18.1. The maximum atomic E-state index is 12.7. The number of amides is 3. The molecular weight excluding hydrogens is 334 g/mol. The molecule has 3 amide bonds. The van der Waals surface area contributed by atoms with E-state index < -0.39 is 12.2 Å². The predicted molar refractivity (Wildman–Crippen MR) is 97.7 cm³/mol. The van der Waals surface area contributed by atoms with Crippen LogP contribution in [0.5, 0.6) is 0 Å². The smallest absolute Gasteiger partial charge is 0.414 e. The average Bonchev–Trinajstić information content (AvgIpc) is 3.25. The topological polar surface area (TPSA) is 73.3 Å². The number of rotatable bonds is 4. The summed E-state index contributed by atoms with van der Waals surface area (Å²) in [5.41, 5.74) is 2.34. The molecule has 2 aromatic carbocycles. The van der Waals surface area contributed by atoms with Crippen molar-refractivity contribution in [3.8, 4) is 0 Å². The average molecular weight is 353 g/mol. The Morgan fingerprint density at radius 2 is 1.38 bits per heavy atom. The number of hydrogen-bond acceptors (Lipinski definition) is 4. The lowest BCUT2D eigenvalue weighted by Gasteiger charge is -2.20. The highest BCUT2D eigenvalue weighted by atomic mass is 16.6. The number of ether oxygens (including phenoxy) is 1. The number of urea groups is 1. The van der Waals surface area contributed by atoms with E-state index in [2.05, 4.69) is 0 Å². The van der Waals surface area contributed by atoms with Crippen LogP contribution in [0.2, 0.25) is 0 Å². The molecule has 26 heavy (non-hydrogen) atoms. The molecule has 2 aromatic rings. The van der Waals surface area contributed by atoms with E-state index in [0.29, 0.717) is 25.3 Å². The largest absolute Gasteiger partial charge is 0.441 e. The van der Waals surface area contributed by atoms with Crippen molar-refractivity contribution in [1.29, 1.82) is 0 Å². The van der Waals surface area contributed by atoms with Crippen LogP contribution in [0.25, 0.3) is 0 Å². The summed E-state index contributed by atoms with van der Waals surface area (Å²) >= 11 is 0. The fourth-order valence-electron chi connectivity index (χ4n) is 3.26. The second-order valence-electron chi connectivity index (χ2n) is 6.24. The lowest BCUT2D eigenvalue weighted by atomic mass is 10.2. The van der Waals surface area contributed by atoms with E-state index in [0.717, 1.165) is 11.4 Å². The third kappa shape index (κ3) is 2.86. The molecule has 2 saturated heterocycles. The third-order valence-corrected chi connectivity index (χ3v) is 4.63. The number of carbonyl (C=O) groups excluding carboxylic acids is 2. The first-order valence-electron chi connectivity index (χ1n) is 8.50. The summed E-state index contributed by atoms with van der Waals surface area (Å²) in [4.78, 5) is 29.5. The lowest BCUT2D eigenvalue weighted by molar-refractivity contribution is 0.0963. The van der Waals surface area contributed by atoms with Gasteiger partial charge in [-0.05, 0) is 36.4 Å². The number of anilines is 3. The van der Waals surface area contributed by atoms with Crippen LogP contribution >= 0.6 is 0 Å². The molecule has 2 aliphatic heterocycles. The first-order chi connectivity index (χ1) is 12.7. The first kappa shape index (κ1) is 16.4. The zero-order valence-electron chi connectivity index (χ0n) is 14.1. The molecule has 0 saturated carbocycles. The van der Waals surface area contributed by atoms with E-state index in [4.69, 9.17) is 9.84 Å². The fraction of sp³-hybridized carbons (Fsp3) is 0.263. The van der Waals surface area contributed by atoms with Gasteiger partial charge in [-0.2, -0.15) is 0 Å². The Morgan fingerprint density at radius 1 is 0.846 bits per heavy atom. The van der Waals surface area contributed by atoms with Gasteiger partial charge in [0.05, 0.1) is 13.2 Å². The normalized spacial score (nSPS) is 20.0. The van der Waals surface area contributed by atoms with Crippen molar-refractivity contribution in [2.24, 2.45) is 0 Å². The Kier molecular flexibility index (Phi) is 4.22. The van der Waals surface area contributed by atoms with Gasteiger partial charge in [-0.1, -0.05) is 18.2 Å². The van der Waals surface area contributed by atoms with Gasteiger partial charge >= 0.3 is 12.1 Å². The third-order valence-electron chi connectivity index (χ3n) is 4.63. The number of hydrogen-bond donors (Lipinski definition) is 1. The van der Waals surface area contributed by atoms with Crippen molar-refractivity contribution in [1.82, 2.24) is 0 Å². The second-order valence-corrected chi connectivity index (χ2v) is 6.24. The minimum atomic E-state index is -0.498. The van der Waals surface area contributed by atoms with Crippen LogP contribution in [0.1, 0.15) is 0 Å². The molecule has 0 aromatic heterocycles. The maximum absolute atomic E-state index is 12.7. The van der Waals surface area contributed by atoms with Crippen LogP contribution in [0, 0.1) is 0 Å². The maximum Gasteiger partial charge on any atom is 0.414 e. The van der Waals surface area contributed by atoms with Gasteiger partial charge in [0.15, 0.2) is 0 Å². The van der Waals surface area contributed by atoms with Crippen LogP contribution in [0.15, 0.2) is 54.6 Å². The Hall–Kier alpha value is -3.06. The molecule has 1 N–H and O–H groups in total. The van der Waals surface area contributed by atoms with Gasteiger partial charge in [0, 0.05) is 30.2 Å². The minimum Gasteiger partial charge on any atom is -0.441 e. The summed E-state index contributed by atoms with van der Waals surface area (Å²) in [6.07, 6.45) is -0.967. The van der Waals surface area contributed by atoms with Crippen LogP contribution < -0.4 is 14.7 Å². The standard InChI is InChI=1S/C19H19N3O4/c23-13-17-12-22(19(25)26-17)16-8-6-15(7-9-16)21-11-10-20(18(21)24)14-4-2-1-3-5-14/h1-9,17,23H,10-13H2/t17-/m1/s1. The molecule has 0 radical (unpaired) electrons. The molecule has 0 unspecified atom stereocenters. The van der Waals surface area contributed by atoms with E-state index in [9.17, 15) is 9.59 Å². The summed E-state index contributed by atoms with van der Waals surface area (Å²) in [6.45, 7) is 1.35. The summed E-state index contributed by atoms with van der Waals surface area (Å²) < 4.78 is 5.05. The molecule has 7 heteroatoms. The van der Waals surface area contributed by atoms with Crippen LogP contribution in [0.4, 0.5) is 26.7 Å². The molecule has 7 nitrogen and oxygen atoms in total. The van der Waals surface area contributed by atoms with Gasteiger partial charge in [-0.15, -0.1) is 0 Å². The van der Waals surface area contributed by atoms with Crippen molar-refractivity contribution in [3.05, 3.63) is 54.6 Å². The molecule has 2 aliphatic rings. The van der Waals surface area contributed by atoms with Crippen LogP contribution in [-0.2, 0) is 4.74 Å². The second kappa shape index (κ2) is 6.68. The lowest BCUT2D eigenvalue weighted by Crippen LogP contribution is -2.31. The molecular formula is C19H19N3O4. The molecule has 2 heterocycles. The fourth-order valence-corrected chi connectivity index (χ4v) is 3.26. The Labute approximate surface area is 151 Å². The summed E-state index contributed by atoms with van der Waals surface area (Å²) in [5, 5.41) is 9.13. The van der Waals surface area contributed by atoms with E-state index >= 15 is 0 Å². The van der Waals surface area contributed by atoms with Gasteiger partial charge in [0.2, 0.25) is 0 Å². The zero-order valence-corrected chi connectivity index (χ0v) is 14.1. The van der Waals surface area contributed by atoms with Crippen molar-refractivity contribution in [3.63, 3.8) is 0 Å². The molecule has 0 spiro atoms. The molecule has 4 rings (SSSR count). The SMILES string of the molecule is O=C1O[C@@H](CO)CN1c1ccc(N2CCN(c3ccccc3)C2=O)cc1. The summed E-state index contributed by atoms with van der Waals surface area (Å²) in [5.74, 6) is 0. The number of carbonyl (C=O) groups is 2. The van der Waals surface area contributed by atoms with Crippen molar-refractivity contribution >= 4 is 29.2 Å². The van der Waals surface area contributed by atoms with Gasteiger partial charge < -0.3 is 9.84 Å². The van der Waals surface area contributed by atoms with Crippen LogP contribution in [-0.4, -0.2) is 49.6 Å². The highest BCUT2D eigenvalue weighted by Gasteiger charge is 2.33. The number of cyclic esters (lactones) is 1. The number of benzene rings is 2. The van der Waals surface area contributed by atoms with E-state index in [1.807, 2.05) is 42.5 Å². The highest BCUT2D eigenvalue weighted by Crippen LogP contribution is 2.28. The van der Waals surface area contributed by atoms with Gasteiger partial charge in [0.25, 0.3) is 0 Å². The number of nitrogens with zero attached hydrogens (tertiary/aromatic N) is 3. The Morgan fingerprint density at radius 3 is 1.92 bits per heavy atom. The van der Waals surface area contributed by atoms with E-state index in [-0.39, 0.29) is 12.6 Å². The predicted octanol–water partition coefficient (Wildman–Crippen LogP) is 2.45. The monoisotopic (exact) mass is 353 g/mol. The Balaban J connectivity index is 1.49. The van der Waals surface area contributed by atoms with Gasteiger partial charge in [0.1, 0.15) is 6.10 Å². The molecule has 0 aliphatic carbocycles. The number of aliphatic hydroxyl groups is 1. The first-order valence-corrected chi connectivity index (χ1v) is 8.50. The van der Waals surface area contributed by atoms with Crippen molar-refractivity contribution in [2.45, 2.75) is 6.10 Å². The molecule has 0 bridgehead atoms. The molecule has 2 fully saturated rings. The number of aliphatic hydroxyl groups excluding tert-OH is 1. The summed E-state index contributed by atoms with van der Waals surface area (Å²) in [7, 11) is 0. The number of para-hydroxylation sites is 1. The van der Waals surface area contributed by atoms with Crippen molar-refractivity contribution in [2.75, 3.05) is 40.9 Å². The molecule has 1 atom stereocenters. The van der Waals surface area contributed by atoms with Gasteiger partial charge in [-0.25, -0.2) is 9.59 Å². The molecule has 134 valence electrons. The Bertz CT molecular complexity index is 809. The van der Waals surface area contributed by atoms with Crippen molar-refractivity contribution < 1.29 is 19.4 Å². The van der Waals surface area contributed by atoms with E-state index in [1.54, 1.807) is 21.9 Å². The summed E-state index contributed by atoms with van der Waals surface area (Å²) in [6, 6.07) is 16.7.